The van der Waals surface area contributed by atoms with Crippen LogP contribution in [0.5, 0.6) is 5.75 Å². The number of aromatic nitrogens is 4. The molecule has 0 amide bonds. The third kappa shape index (κ3) is 6.24. The molecule has 0 saturated carbocycles. The Morgan fingerprint density at radius 1 is 1.23 bits per heavy atom. The Labute approximate surface area is 269 Å². The molecular weight excluding hydrogens is 610 g/mol. The summed E-state index contributed by atoms with van der Waals surface area (Å²) in [6, 6.07) is 3.71. The molecule has 14 heteroatoms. The van der Waals surface area contributed by atoms with Gasteiger partial charge in [-0.1, -0.05) is 25.8 Å². The van der Waals surface area contributed by atoms with Crippen LogP contribution in [0.2, 0.25) is 0 Å². The summed E-state index contributed by atoms with van der Waals surface area (Å²) < 4.78 is 30.7. The maximum absolute atomic E-state index is 13.5. The van der Waals surface area contributed by atoms with Crippen LogP contribution < -0.4 is 16.0 Å². The van der Waals surface area contributed by atoms with Crippen molar-refractivity contribution in [2.24, 2.45) is 0 Å². The van der Waals surface area contributed by atoms with Crippen LogP contribution in [-0.4, -0.2) is 54.5 Å². The fourth-order valence-corrected chi connectivity index (χ4v) is 6.25. The lowest BCUT2D eigenvalue weighted by Crippen LogP contribution is -2.44. The van der Waals surface area contributed by atoms with E-state index in [0.29, 0.717) is 28.5 Å². The lowest BCUT2D eigenvalue weighted by atomic mass is 9.78. The van der Waals surface area contributed by atoms with Crippen molar-refractivity contribution in [1.29, 1.82) is 5.41 Å². The van der Waals surface area contributed by atoms with Crippen LogP contribution in [0, 0.1) is 45.4 Å². The highest BCUT2D eigenvalue weighted by Crippen LogP contribution is 2.42. The number of fused-ring (bicyclic) bond motifs is 1. The van der Waals surface area contributed by atoms with Crippen molar-refractivity contribution in [3.05, 3.63) is 68.6 Å². The molecule has 0 radical (unpaired) electrons. The van der Waals surface area contributed by atoms with E-state index in [1.807, 2.05) is 33.8 Å². The first-order valence-corrected chi connectivity index (χ1v) is 14.9. The Morgan fingerprint density at radius 2 is 1.96 bits per heavy atom. The van der Waals surface area contributed by atoms with Gasteiger partial charge >= 0.3 is 17.8 Å². The van der Waals surface area contributed by atoms with Gasteiger partial charge in [0.05, 0.1) is 25.9 Å². The van der Waals surface area contributed by atoms with E-state index in [4.69, 9.17) is 34.9 Å². The van der Waals surface area contributed by atoms with Crippen LogP contribution in [0.1, 0.15) is 73.9 Å². The van der Waals surface area contributed by atoms with E-state index in [-0.39, 0.29) is 36.2 Å². The van der Waals surface area contributed by atoms with E-state index in [1.165, 1.54) is 17.8 Å². The number of terminal acetylenes is 1. The van der Waals surface area contributed by atoms with Gasteiger partial charge in [-0.3, -0.25) is 19.6 Å². The van der Waals surface area contributed by atoms with Crippen molar-refractivity contribution in [3.8, 4) is 18.1 Å². The zero-order valence-electron chi connectivity index (χ0n) is 27.3. The van der Waals surface area contributed by atoms with Gasteiger partial charge in [-0.05, 0) is 44.9 Å². The predicted octanol–water partition coefficient (Wildman–Crippen LogP) is 3.03. The second kappa shape index (κ2) is 12.3. The minimum atomic E-state index is -1.66. The number of nitrogens with zero attached hydrogens (tertiary/aromatic N) is 4. The van der Waals surface area contributed by atoms with Gasteiger partial charge in [-0.25, -0.2) is 14.8 Å². The molecule has 47 heavy (non-hydrogen) atoms. The molecule has 1 aliphatic rings. The Morgan fingerprint density at radius 3 is 2.57 bits per heavy atom. The van der Waals surface area contributed by atoms with E-state index in [9.17, 15) is 19.5 Å². The number of nitrogens with one attached hydrogen (secondary N) is 1. The zero-order valence-corrected chi connectivity index (χ0v) is 27.3. The molecule has 1 aliphatic heterocycles. The summed E-state index contributed by atoms with van der Waals surface area (Å²) in [5.41, 5.74) is 0.529. The molecule has 1 aromatic carbocycles. The number of carbonyl (C=O) groups is 2. The fourth-order valence-electron chi connectivity index (χ4n) is 6.25. The van der Waals surface area contributed by atoms with E-state index in [0.717, 1.165) is 11.1 Å². The van der Waals surface area contributed by atoms with Crippen molar-refractivity contribution in [2.45, 2.75) is 91.2 Å². The second-order valence-electron chi connectivity index (χ2n) is 12.4. The summed E-state index contributed by atoms with van der Waals surface area (Å²) in [4.78, 5) is 45.9. The largest absolute Gasteiger partial charge is 0.519 e. The Bertz CT molecular complexity index is 2040. The quantitative estimate of drug-likeness (QED) is 0.155. The number of aliphatic hydroxyl groups is 1. The van der Waals surface area contributed by atoms with E-state index in [1.54, 1.807) is 24.5 Å². The molecule has 0 unspecified atom stereocenters. The molecule has 14 nitrogen and oxygen atoms in total. The average molecular weight is 648 g/mol. The molecule has 0 aliphatic carbocycles. The summed E-state index contributed by atoms with van der Waals surface area (Å²) in [6.07, 6.45) is 5.39. The molecule has 0 spiro atoms. The average Bonchev–Trinajstić information content (AvgIpc) is 3.64. The zero-order chi connectivity index (χ0) is 34.4. The molecule has 4 aromatic rings. The van der Waals surface area contributed by atoms with Crippen LogP contribution in [0.4, 0.5) is 0 Å². The smallest absolute Gasteiger partial charge is 0.458 e. The van der Waals surface area contributed by atoms with Crippen LogP contribution >= 0.6 is 0 Å². The summed E-state index contributed by atoms with van der Waals surface area (Å²) in [7, 11) is 0. The number of ether oxygens (including phenoxy) is 3. The van der Waals surface area contributed by atoms with Crippen molar-refractivity contribution in [3.63, 3.8) is 0 Å². The minimum Gasteiger partial charge on any atom is -0.458 e. The molecule has 3 atom stereocenters. The summed E-state index contributed by atoms with van der Waals surface area (Å²) in [5.74, 6) is 1.92. The summed E-state index contributed by atoms with van der Waals surface area (Å²) in [6.45, 7) is 11.5. The first-order chi connectivity index (χ1) is 22.1. The minimum absolute atomic E-state index is 0.00241. The van der Waals surface area contributed by atoms with Crippen LogP contribution in [0.3, 0.4) is 0 Å². The van der Waals surface area contributed by atoms with Gasteiger partial charge < -0.3 is 32.7 Å². The highest BCUT2D eigenvalue weighted by atomic mass is 16.6. The van der Waals surface area contributed by atoms with Gasteiger partial charge in [0.15, 0.2) is 22.5 Å². The predicted molar refractivity (Wildman–Crippen MR) is 165 cm³/mol. The standard InChI is InChI=1S/C33H37N5O9/c1-9-33(15-39)24(46-26(41)13-32(7,8)27-18(3)10-17(2)11-22(27)44-21(6)40)12-25(47-33)38-16-35-28-29(34)37(20(5)36-30(28)38)14-23-19(4)43-31(42)45-23/h1,10-11,16,24-25,34,39H,12-15H2,2-8H3/t24-,25+,33+/m0/s1. The first kappa shape index (κ1) is 33.4. The summed E-state index contributed by atoms with van der Waals surface area (Å²) in [5, 5.41) is 19.2. The van der Waals surface area contributed by atoms with Crippen LogP contribution in [0.25, 0.3) is 11.2 Å². The Kier molecular flexibility index (Phi) is 8.74. The SMILES string of the molecule is C#C[C@]1(CO)O[C@@H](n2cnc3c(=N)n(Cc4oc(=O)oc4C)c(C)nc32)C[C@@H]1OC(=O)CC(C)(C)c1c(C)cc(C)cc1OC(C)=O. The molecule has 1 saturated heterocycles. The summed E-state index contributed by atoms with van der Waals surface area (Å²) >= 11 is 0. The maximum Gasteiger partial charge on any atom is 0.519 e. The molecule has 248 valence electrons. The fraction of sp³-hybridized carbons (Fsp3) is 0.455. The number of imidazole rings is 1. The van der Waals surface area contributed by atoms with Crippen LogP contribution in [0.15, 0.2) is 32.1 Å². The monoisotopic (exact) mass is 647 g/mol. The number of esters is 2. The number of aliphatic hydroxyl groups excluding tert-OH is 1. The van der Waals surface area contributed by atoms with Gasteiger partial charge in [-0.15, -0.1) is 6.42 Å². The molecule has 3 aromatic heterocycles. The third-order valence-corrected chi connectivity index (χ3v) is 8.36. The molecule has 2 N–H and O–H groups in total. The molecular formula is C33H37N5O9. The topological polar surface area (TPSA) is 185 Å². The van der Waals surface area contributed by atoms with Crippen molar-refractivity contribution >= 4 is 23.1 Å². The molecule has 0 bridgehead atoms. The van der Waals surface area contributed by atoms with Gasteiger partial charge in [0.1, 0.15) is 35.2 Å². The number of hydrogen-bond acceptors (Lipinski definition) is 12. The van der Waals surface area contributed by atoms with E-state index < -0.39 is 47.7 Å². The second-order valence-corrected chi connectivity index (χ2v) is 12.4. The van der Waals surface area contributed by atoms with Crippen molar-refractivity contribution < 1.29 is 37.7 Å². The van der Waals surface area contributed by atoms with E-state index in [2.05, 4.69) is 15.9 Å². The Balaban J connectivity index is 1.41. The number of hydrogen-bond donors (Lipinski definition) is 2. The van der Waals surface area contributed by atoms with Gasteiger partial charge in [0.25, 0.3) is 0 Å². The number of rotatable bonds is 9. The highest BCUT2D eigenvalue weighted by molar-refractivity contribution is 5.74. The third-order valence-electron chi connectivity index (χ3n) is 8.36. The number of benzene rings is 1. The number of carbonyl (C=O) groups excluding carboxylic acids is 2. The number of aryl methyl sites for hydroxylation is 4. The van der Waals surface area contributed by atoms with Crippen molar-refractivity contribution in [1.82, 2.24) is 19.1 Å². The molecule has 1 fully saturated rings. The van der Waals surface area contributed by atoms with Crippen molar-refractivity contribution in [2.75, 3.05) is 6.61 Å². The molecule has 5 rings (SSSR count). The molecule has 4 heterocycles. The Hall–Kier alpha value is -5.00. The van der Waals surface area contributed by atoms with Gasteiger partial charge in [0.2, 0.25) is 0 Å². The van der Waals surface area contributed by atoms with E-state index >= 15 is 0 Å². The van der Waals surface area contributed by atoms with Crippen LogP contribution in [-0.2, 0) is 31.0 Å². The first-order valence-electron chi connectivity index (χ1n) is 14.9. The highest BCUT2D eigenvalue weighted by Gasteiger charge is 2.51. The maximum atomic E-state index is 13.5. The van der Waals surface area contributed by atoms with Gasteiger partial charge in [0, 0.05) is 24.3 Å². The van der Waals surface area contributed by atoms with Gasteiger partial charge in [-0.2, -0.15) is 0 Å². The normalized spacial score (nSPS) is 19.6. The lowest BCUT2D eigenvalue weighted by Gasteiger charge is -2.31. The lowest BCUT2D eigenvalue weighted by molar-refractivity contribution is -0.160.